The fourth-order valence-corrected chi connectivity index (χ4v) is 2.24. The second kappa shape index (κ2) is 5.82. The first kappa shape index (κ1) is 14.8. The van der Waals surface area contributed by atoms with Gasteiger partial charge in [0.15, 0.2) is 0 Å². The van der Waals surface area contributed by atoms with Gasteiger partial charge in [-0.2, -0.15) is 0 Å². The minimum atomic E-state index is -1.54. The van der Waals surface area contributed by atoms with E-state index >= 15 is 0 Å². The third-order valence-corrected chi connectivity index (χ3v) is 3.50. The fraction of sp³-hybridized carbons (Fsp3) is 0.357. The van der Waals surface area contributed by atoms with Crippen LogP contribution in [0.3, 0.4) is 0 Å². The second-order valence-electron chi connectivity index (χ2n) is 5.02. The molecule has 0 radical (unpaired) electrons. The zero-order valence-electron chi connectivity index (χ0n) is 11.1. The summed E-state index contributed by atoms with van der Waals surface area (Å²) in [5, 5.41) is 20.2. The Morgan fingerprint density at radius 3 is 2.33 bits per heavy atom. The maximum atomic E-state index is 11.7. The van der Waals surface area contributed by atoms with Crippen molar-refractivity contribution in [2.24, 2.45) is 5.92 Å². The first-order valence-electron chi connectivity index (χ1n) is 6.38. The van der Waals surface area contributed by atoms with Crippen LogP contribution in [0.5, 0.6) is 0 Å². The molecule has 1 aromatic carbocycles. The molecule has 0 unspecified atom stereocenters. The van der Waals surface area contributed by atoms with Crippen LogP contribution in [-0.4, -0.2) is 33.8 Å². The molecule has 1 aromatic rings. The molecule has 0 aromatic heterocycles. The number of hydrogen-bond donors (Lipinski definition) is 3. The lowest BCUT2D eigenvalue weighted by atomic mass is 9.68. The summed E-state index contributed by atoms with van der Waals surface area (Å²) in [6.45, 7) is 0.0186. The summed E-state index contributed by atoms with van der Waals surface area (Å²) in [5.41, 5.74) is -0.773. The van der Waals surface area contributed by atoms with Crippen LogP contribution < -0.4 is 5.32 Å². The molecular weight excluding hydrogens is 278 g/mol. The van der Waals surface area contributed by atoms with Gasteiger partial charge in [-0.3, -0.25) is 4.79 Å². The van der Waals surface area contributed by atoms with Crippen LogP contribution in [0.15, 0.2) is 30.3 Å². The SMILES string of the molecule is O=C(NC1(C(=O)O)CC(C(=O)O)C1)OCc1ccccc1. The van der Waals surface area contributed by atoms with E-state index in [-0.39, 0.29) is 19.4 Å². The molecule has 1 aliphatic rings. The fourth-order valence-electron chi connectivity index (χ4n) is 2.24. The number of amides is 1. The highest BCUT2D eigenvalue weighted by Gasteiger charge is 2.54. The van der Waals surface area contributed by atoms with E-state index in [1.165, 1.54) is 0 Å². The van der Waals surface area contributed by atoms with Crippen LogP contribution >= 0.6 is 0 Å². The molecule has 7 nitrogen and oxygen atoms in total. The van der Waals surface area contributed by atoms with Crippen LogP contribution in [0.2, 0.25) is 0 Å². The van der Waals surface area contributed by atoms with Crippen molar-refractivity contribution < 1.29 is 29.3 Å². The highest BCUT2D eigenvalue weighted by Crippen LogP contribution is 2.38. The minimum absolute atomic E-state index is 0.0186. The van der Waals surface area contributed by atoms with Gasteiger partial charge in [0.25, 0.3) is 0 Å². The maximum Gasteiger partial charge on any atom is 0.408 e. The Labute approximate surface area is 120 Å². The Hall–Kier alpha value is -2.57. The van der Waals surface area contributed by atoms with Crippen molar-refractivity contribution in [1.29, 1.82) is 0 Å². The van der Waals surface area contributed by atoms with Gasteiger partial charge in [0.1, 0.15) is 12.1 Å². The van der Waals surface area contributed by atoms with E-state index in [0.717, 1.165) is 5.56 Å². The Morgan fingerprint density at radius 2 is 1.81 bits per heavy atom. The summed E-state index contributed by atoms with van der Waals surface area (Å²) in [4.78, 5) is 33.6. The van der Waals surface area contributed by atoms with Gasteiger partial charge in [-0.05, 0) is 18.4 Å². The van der Waals surface area contributed by atoms with Crippen molar-refractivity contribution in [3.05, 3.63) is 35.9 Å². The maximum absolute atomic E-state index is 11.7. The zero-order chi connectivity index (χ0) is 15.5. The van der Waals surface area contributed by atoms with E-state index in [4.69, 9.17) is 14.9 Å². The van der Waals surface area contributed by atoms with Crippen molar-refractivity contribution in [2.75, 3.05) is 0 Å². The number of alkyl carbamates (subject to hydrolysis) is 1. The number of aliphatic carboxylic acids is 2. The first-order chi connectivity index (χ1) is 9.93. The molecule has 1 fully saturated rings. The molecule has 2 rings (SSSR count). The Kier molecular flexibility index (Phi) is 4.11. The average molecular weight is 293 g/mol. The third-order valence-electron chi connectivity index (χ3n) is 3.50. The van der Waals surface area contributed by atoms with E-state index in [0.29, 0.717) is 0 Å². The van der Waals surface area contributed by atoms with Crippen LogP contribution in [0.25, 0.3) is 0 Å². The number of carboxylic acid groups (broad SMARTS) is 2. The lowest BCUT2D eigenvalue weighted by Gasteiger charge is -2.42. The normalized spacial score (nSPS) is 23.7. The summed E-state index contributed by atoms with van der Waals surface area (Å²) in [7, 11) is 0. The second-order valence-corrected chi connectivity index (χ2v) is 5.02. The minimum Gasteiger partial charge on any atom is -0.481 e. The van der Waals surface area contributed by atoms with E-state index in [2.05, 4.69) is 5.32 Å². The highest BCUT2D eigenvalue weighted by atomic mass is 16.5. The number of rotatable bonds is 5. The largest absolute Gasteiger partial charge is 0.481 e. The molecule has 0 aliphatic heterocycles. The summed E-state index contributed by atoms with van der Waals surface area (Å²) in [6, 6.07) is 8.94. The number of nitrogens with one attached hydrogen (secondary N) is 1. The van der Waals surface area contributed by atoms with Gasteiger partial charge in [-0.25, -0.2) is 9.59 Å². The van der Waals surface area contributed by atoms with Crippen molar-refractivity contribution >= 4 is 18.0 Å². The van der Waals surface area contributed by atoms with Crippen LogP contribution in [0, 0.1) is 5.92 Å². The van der Waals surface area contributed by atoms with Gasteiger partial charge in [0.05, 0.1) is 5.92 Å². The van der Waals surface area contributed by atoms with Crippen LogP contribution in [-0.2, 0) is 20.9 Å². The summed E-state index contributed by atoms with van der Waals surface area (Å²) >= 11 is 0. The smallest absolute Gasteiger partial charge is 0.408 e. The summed E-state index contributed by atoms with van der Waals surface area (Å²) < 4.78 is 4.94. The Balaban J connectivity index is 1.88. The number of carbonyl (C=O) groups excluding carboxylic acids is 1. The van der Waals surface area contributed by atoms with Gasteiger partial charge in [0.2, 0.25) is 0 Å². The van der Waals surface area contributed by atoms with Gasteiger partial charge in [0, 0.05) is 0 Å². The first-order valence-corrected chi connectivity index (χ1v) is 6.38. The molecule has 7 heteroatoms. The predicted molar refractivity (Wildman–Crippen MR) is 70.5 cm³/mol. The molecule has 0 heterocycles. The van der Waals surface area contributed by atoms with E-state index in [9.17, 15) is 14.4 Å². The summed E-state index contributed by atoms with van der Waals surface area (Å²) in [6.07, 6.45) is -1.15. The highest BCUT2D eigenvalue weighted by molar-refractivity contribution is 5.88. The lowest BCUT2D eigenvalue weighted by molar-refractivity contribution is -0.158. The van der Waals surface area contributed by atoms with E-state index in [1.807, 2.05) is 6.07 Å². The van der Waals surface area contributed by atoms with E-state index < -0.39 is 29.5 Å². The molecular formula is C14H15NO6. The topological polar surface area (TPSA) is 113 Å². The number of ether oxygens (including phenoxy) is 1. The van der Waals surface area contributed by atoms with Crippen molar-refractivity contribution in [3.8, 4) is 0 Å². The lowest BCUT2D eigenvalue weighted by Crippen LogP contribution is -2.63. The molecule has 21 heavy (non-hydrogen) atoms. The van der Waals surface area contributed by atoms with Crippen LogP contribution in [0.4, 0.5) is 4.79 Å². The standard InChI is InChI=1S/C14H15NO6/c16-11(17)10-6-14(7-10,12(18)19)15-13(20)21-8-9-4-2-1-3-5-9/h1-5,10H,6-8H2,(H,15,20)(H,16,17)(H,18,19). The van der Waals surface area contributed by atoms with Gasteiger partial charge in [-0.15, -0.1) is 0 Å². The van der Waals surface area contributed by atoms with Gasteiger partial charge < -0.3 is 20.3 Å². The Morgan fingerprint density at radius 1 is 1.19 bits per heavy atom. The molecule has 0 bridgehead atoms. The van der Waals surface area contributed by atoms with E-state index in [1.54, 1.807) is 24.3 Å². The van der Waals surface area contributed by atoms with Crippen molar-refractivity contribution in [1.82, 2.24) is 5.32 Å². The number of hydrogen-bond acceptors (Lipinski definition) is 4. The predicted octanol–water partition coefficient (Wildman–Crippen LogP) is 1.23. The zero-order valence-corrected chi connectivity index (χ0v) is 11.1. The monoisotopic (exact) mass is 293 g/mol. The molecule has 3 N–H and O–H groups in total. The quantitative estimate of drug-likeness (QED) is 0.752. The van der Waals surface area contributed by atoms with Gasteiger partial charge >= 0.3 is 18.0 Å². The van der Waals surface area contributed by atoms with Crippen molar-refractivity contribution in [2.45, 2.75) is 25.0 Å². The molecule has 112 valence electrons. The molecule has 1 aliphatic carbocycles. The third kappa shape index (κ3) is 3.31. The Bertz CT molecular complexity index is 550. The molecule has 1 saturated carbocycles. The molecule has 0 spiro atoms. The molecule has 0 saturated heterocycles. The molecule has 1 amide bonds. The van der Waals surface area contributed by atoms with Crippen LogP contribution in [0.1, 0.15) is 18.4 Å². The van der Waals surface area contributed by atoms with Gasteiger partial charge in [-0.1, -0.05) is 30.3 Å². The number of carboxylic acids is 2. The molecule has 0 atom stereocenters. The average Bonchev–Trinajstić information content (AvgIpc) is 2.40. The number of benzene rings is 1. The summed E-state index contributed by atoms with van der Waals surface area (Å²) in [5.74, 6) is -3.07. The van der Waals surface area contributed by atoms with Crippen molar-refractivity contribution in [3.63, 3.8) is 0 Å². The number of carbonyl (C=O) groups is 3.